The van der Waals surface area contributed by atoms with E-state index in [-0.39, 0.29) is 22.9 Å². The zero-order valence-electron chi connectivity index (χ0n) is 16.5. The zero-order valence-corrected chi connectivity index (χ0v) is 17.3. The van der Waals surface area contributed by atoms with Crippen molar-refractivity contribution in [2.75, 3.05) is 10.6 Å². The van der Waals surface area contributed by atoms with E-state index >= 15 is 0 Å². The first-order valence-corrected chi connectivity index (χ1v) is 10.2. The second-order valence-electron chi connectivity index (χ2n) is 6.59. The van der Waals surface area contributed by atoms with Crippen LogP contribution in [0.2, 0.25) is 0 Å². The number of nitrogens with one attached hydrogen (secondary N) is 2. The van der Waals surface area contributed by atoms with Crippen LogP contribution in [-0.4, -0.2) is 28.1 Å². The summed E-state index contributed by atoms with van der Waals surface area (Å²) < 4.78 is 13.0. The number of rotatable bonds is 7. The van der Waals surface area contributed by atoms with E-state index in [1.54, 1.807) is 43.3 Å². The first-order chi connectivity index (χ1) is 14.8. The maximum atomic E-state index is 13.0. The third-order valence-electron chi connectivity index (χ3n) is 4.29. The van der Waals surface area contributed by atoms with E-state index in [0.29, 0.717) is 11.4 Å². The van der Waals surface area contributed by atoms with Gasteiger partial charge in [-0.15, -0.1) is 11.8 Å². The van der Waals surface area contributed by atoms with Crippen molar-refractivity contribution >= 4 is 40.9 Å². The highest BCUT2D eigenvalue weighted by molar-refractivity contribution is 8.00. The molecule has 0 bridgehead atoms. The molecule has 0 aliphatic rings. The summed E-state index contributed by atoms with van der Waals surface area (Å²) in [5.74, 6) is -2.36. The molecule has 0 spiro atoms. The quantitative estimate of drug-likeness (QED) is 0.456. The number of aromatic carboxylic acids is 1. The molecule has 0 radical (unpaired) electrons. The molecule has 0 aromatic heterocycles. The molecule has 8 heteroatoms. The SMILES string of the molecule is CC(Sc1cccc(NC(=O)c2ccccc2C(=O)O)c1)C(=O)Nc1ccc(F)cc1. The number of carboxylic acid groups (broad SMARTS) is 1. The molecule has 1 unspecified atom stereocenters. The van der Waals surface area contributed by atoms with Gasteiger partial charge in [0.05, 0.1) is 16.4 Å². The minimum atomic E-state index is -1.18. The summed E-state index contributed by atoms with van der Waals surface area (Å²) in [6.07, 6.45) is 0. The predicted molar refractivity (Wildman–Crippen MR) is 118 cm³/mol. The number of carbonyl (C=O) groups is 3. The minimum absolute atomic E-state index is 0.0556. The molecule has 6 nitrogen and oxygen atoms in total. The summed E-state index contributed by atoms with van der Waals surface area (Å²) in [7, 11) is 0. The molecule has 0 saturated carbocycles. The summed E-state index contributed by atoms with van der Waals surface area (Å²) in [6, 6.07) is 18.4. The largest absolute Gasteiger partial charge is 0.478 e. The van der Waals surface area contributed by atoms with Gasteiger partial charge in [-0.25, -0.2) is 9.18 Å². The summed E-state index contributed by atoms with van der Waals surface area (Å²) in [6.45, 7) is 1.73. The van der Waals surface area contributed by atoms with Gasteiger partial charge < -0.3 is 15.7 Å². The van der Waals surface area contributed by atoms with Crippen LogP contribution in [0.25, 0.3) is 0 Å². The van der Waals surface area contributed by atoms with Gasteiger partial charge in [-0.3, -0.25) is 9.59 Å². The van der Waals surface area contributed by atoms with Crippen LogP contribution in [0.1, 0.15) is 27.6 Å². The second kappa shape index (κ2) is 9.90. The highest BCUT2D eigenvalue weighted by Crippen LogP contribution is 2.27. The lowest BCUT2D eigenvalue weighted by Crippen LogP contribution is -2.22. The number of hydrogen-bond donors (Lipinski definition) is 3. The molecule has 0 aliphatic heterocycles. The van der Waals surface area contributed by atoms with Crippen molar-refractivity contribution in [3.05, 3.63) is 89.7 Å². The van der Waals surface area contributed by atoms with Gasteiger partial charge in [0.1, 0.15) is 5.82 Å². The maximum absolute atomic E-state index is 13.0. The van der Waals surface area contributed by atoms with Crippen molar-refractivity contribution in [2.24, 2.45) is 0 Å². The average molecular weight is 438 g/mol. The second-order valence-corrected chi connectivity index (χ2v) is 8.00. The fourth-order valence-corrected chi connectivity index (χ4v) is 3.67. The topological polar surface area (TPSA) is 95.5 Å². The number of hydrogen-bond acceptors (Lipinski definition) is 4. The van der Waals surface area contributed by atoms with Crippen LogP contribution < -0.4 is 10.6 Å². The molecule has 0 fully saturated rings. The van der Waals surface area contributed by atoms with Gasteiger partial charge in [0.2, 0.25) is 5.91 Å². The average Bonchev–Trinajstić information content (AvgIpc) is 2.75. The Morgan fingerprint density at radius 1 is 0.871 bits per heavy atom. The zero-order chi connectivity index (χ0) is 22.4. The predicted octanol–water partition coefficient (Wildman–Crippen LogP) is 4.90. The first-order valence-electron chi connectivity index (χ1n) is 9.30. The van der Waals surface area contributed by atoms with E-state index in [1.807, 2.05) is 0 Å². The Bertz CT molecular complexity index is 1120. The molecule has 0 heterocycles. The van der Waals surface area contributed by atoms with Crippen LogP contribution in [0.3, 0.4) is 0 Å². The van der Waals surface area contributed by atoms with Crippen molar-refractivity contribution in [2.45, 2.75) is 17.1 Å². The fraction of sp³-hybridized carbons (Fsp3) is 0.0870. The summed E-state index contributed by atoms with van der Waals surface area (Å²) in [5, 5.41) is 14.2. The standard InChI is InChI=1S/C23H19FN2O4S/c1-14(21(27)25-16-11-9-15(24)10-12-16)31-18-6-4-5-17(13-18)26-22(28)19-7-2-3-8-20(19)23(29)30/h2-14H,1H3,(H,25,27)(H,26,28)(H,29,30). The van der Waals surface area contributed by atoms with E-state index in [9.17, 15) is 23.9 Å². The lowest BCUT2D eigenvalue weighted by Gasteiger charge is -2.13. The molecule has 1 atom stereocenters. The molecule has 3 N–H and O–H groups in total. The molecule has 2 amide bonds. The van der Waals surface area contributed by atoms with Gasteiger partial charge in [-0.1, -0.05) is 18.2 Å². The Morgan fingerprint density at radius 3 is 2.23 bits per heavy atom. The number of anilines is 2. The van der Waals surface area contributed by atoms with E-state index in [0.717, 1.165) is 4.90 Å². The smallest absolute Gasteiger partial charge is 0.336 e. The van der Waals surface area contributed by atoms with Gasteiger partial charge >= 0.3 is 5.97 Å². The lowest BCUT2D eigenvalue weighted by molar-refractivity contribution is -0.115. The normalized spacial score (nSPS) is 11.4. The van der Waals surface area contributed by atoms with Gasteiger partial charge in [0.15, 0.2) is 0 Å². The third kappa shape index (κ3) is 5.93. The fourth-order valence-electron chi connectivity index (χ4n) is 2.75. The van der Waals surface area contributed by atoms with E-state index < -0.39 is 17.1 Å². The van der Waals surface area contributed by atoms with Crippen molar-refractivity contribution in [1.29, 1.82) is 0 Å². The molecule has 0 saturated heterocycles. The van der Waals surface area contributed by atoms with Crippen molar-refractivity contribution < 1.29 is 23.9 Å². The highest BCUT2D eigenvalue weighted by atomic mass is 32.2. The Hall–Kier alpha value is -3.65. The highest BCUT2D eigenvalue weighted by Gasteiger charge is 2.17. The Balaban J connectivity index is 1.66. The monoisotopic (exact) mass is 438 g/mol. The number of halogens is 1. The van der Waals surface area contributed by atoms with Gasteiger partial charge in [-0.2, -0.15) is 0 Å². The molecule has 158 valence electrons. The van der Waals surface area contributed by atoms with Gasteiger partial charge in [0, 0.05) is 16.3 Å². The minimum Gasteiger partial charge on any atom is -0.478 e. The number of carboxylic acids is 1. The maximum Gasteiger partial charge on any atom is 0.336 e. The van der Waals surface area contributed by atoms with Gasteiger partial charge in [-0.05, 0) is 61.5 Å². The van der Waals surface area contributed by atoms with Crippen molar-refractivity contribution in [1.82, 2.24) is 0 Å². The number of benzene rings is 3. The van der Waals surface area contributed by atoms with Crippen LogP contribution in [-0.2, 0) is 4.79 Å². The van der Waals surface area contributed by atoms with Crippen LogP contribution in [0.15, 0.2) is 77.7 Å². The molecular weight excluding hydrogens is 419 g/mol. The van der Waals surface area contributed by atoms with E-state index in [4.69, 9.17) is 0 Å². The van der Waals surface area contributed by atoms with Crippen LogP contribution in [0.5, 0.6) is 0 Å². The van der Waals surface area contributed by atoms with Crippen LogP contribution >= 0.6 is 11.8 Å². The van der Waals surface area contributed by atoms with Crippen LogP contribution in [0, 0.1) is 5.82 Å². The molecule has 3 aromatic rings. The van der Waals surface area contributed by atoms with E-state index in [1.165, 1.54) is 48.2 Å². The summed E-state index contributed by atoms with van der Waals surface area (Å²) >= 11 is 1.29. The molecule has 0 aliphatic carbocycles. The Labute approximate surface area is 182 Å². The first kappa shape index (κ1) is 22.0. The number of amides is 2. The molecular formula is C23H19FN2O4S. The Morgan fingerprint density at radius 2 is 1.55 bits per heavy atom. The number of carbonyl (C=O) groups excluding carboxylic acids is 2. The van der Waals surface area contributed by atoms with Crippen LogP contribution in [0.4, 0.5) is 15.8 Å². The molecule has 31 heavy (non-hydrogen) atoms. The van der Waals surface area contributed by atoms with Crippen molar-refractivity contribution in [3.8, 4) is 0 Å². The molecule has 3 rings (SSSR count). The van der Waals surface area contributed by atoms with Crippen molar-refractivity contribution in [3.63, 3.8) is 0 Å². The van der Waals surface area contributed by atoms with Gasteiger partial charge in [0.25, 0.3) is 5.91 Å². The summed E-state index contributed by atoms with van der Waals surface area (Å²) in [4.78, 5) is 37.0. The van der Waals surface area contributed by atoms with E-state index in [2.05, 4.69) is 10.6 Å². The third-order valence-corrected chi connectivity index (χ3v) is 5.38. The number of thioether (sulfide) groups is 1. The molecule has 3 aromatic carbocycles. The summed E-state index contributed by atoms with van der Waals surface area (Å²) in [5.41, 5.74) is 0.940. The Kier molecular flexibility index (Phi) is 7.04. The lowest BCUT2D eigenvalue weighted by atomic mass is 10.1.